The first-order valence-corrected chi connectivity index (χ1v) is 6.12. The summed E-state index contributed by atoms with van der Waals surface area (Å²) in [7, 11) is 0. The molecule has 0 rings (SSSR count). The Morgan fingerprint density at radius 1 is 1.07 bits per heavy atom. The highest BCUT2D eigenvalue weighted by molar-refractivity contribution is 7.80. The van der Waals surface area contributed by atoms with Gasteiger partial charge >= 0.3 is 0 Å². The SMILES string of the molecule is CCCCCCN(CCC)CC(N)=S. The minimum Gasteiger partial charge on any atom is -0.392 e. The van der Waals surface area contributed by atoms with Crippen molar-refractivity contribution in [3.05, 3.63) is 0 Å². The molecule has 0 aliphatic rings. The van der Waals surface area contributed by atoms with E-state index in [9.17, 15) is 0 Å². The topological polar surface area (TPSA) is 29.3 Å². The van der Waals surface area contributed by atoms with E-state index >= 15 is 0 Å². The molecule has 0 aliphatic carbocycles. The second kappa shape index (κ2) is 9.41. The van der Waals surface area contributed by atoms with Crippen LogP contribution in [0.5, 0.6) is 0 Å². The van der Waals surface area contributed by atoms with E-state index in [0.717, 1.165) is 19.6 Å². The molecule has 14 heavy (non-hydrogen) atoms. The Bertz CT molecular complexity index is 148. The summed E-state index contributed by atoms with van der Waals surface area (Å²) in [4.78, 5) is 2.98. The second-order valence-electron chi connectivity index (χ2n) is 3.80. The summed E-state index contributed by atoms with van der Waals surface area (Å²) >= 11 is 4.92. The highest BCUT2D eigenvalue weighted by Gasteiger charge is 2.03. The molecule has 0 saturated heterocycles. The van der Waals surface area contributed by atoms with Crippen LogP contribution in [0.3, 0.4) is 0 Å². The lowest BCUT2D eigenvalue weighted by atomic mass is 10.2. The molecule has 2 nitrogen and oxygen atoms in total. The first-order chi connectivity index (χ1) is 6.70. The maximum absolute atomic E-state index is 5.54. The molecule has 0 aliphatic heterocycles. The molecule has 0 bridgehead atoms. The zero-order valence-electron chi connectivity index (χ0n) is 9.59. The van der Waals surface area contributed by atoms with E-state index in [1.807, 2.05) is 0 Å². The summed E-state index contributed by atoms with van der Waals surface area (Å²) in [5, 5.41) is 0. The fraction of sp³-hybridized carbons (Fsp3) is 0.909. The summed E-state index contributed by atoms with van der Waals surface area (Å²) in [6, 6.07) is 0. The summed E-state index contributed by atoms with van der Waals surface area (Å²) in [6.45, 7) is 7.47. The molecule has 0 aromatic heterocycles. The van der Waals surface area contributed by atoms with Crippen molar-refractivity contribution in [2.24, 2.45) is 5.73 Å². The summed E-state index contributed by atoms with van der Waals surface area (Å²) in [6.07, 6.45) is 6.41. The minimum absolute atomic E-state index is 0.619. The van der Waals surface area contributed by atoms with Crippen LogP contribution in [0.4, 0.5) is 0 Å². The molecule has 0 amide bonds. The van der Waals surface area contributed by atoms with Gasteiger partial charge in [-0.1, -0.05) is 45.3 Å². The van der Waals surface area contributed by atoms with Gasteiger partial charge in [-0.2, -0.15) is 0 Å². The predicted octanol–water partition coefficient (Wildman–Crippen LogP) is 2.56. The Labute approximate surface area is 93.8 Å². The number of nitrogens with two attached hydrogens (primary N) is 1. The van der Waals surface area contributed by atoms with Crippen LogP contribution < -0.4 is 5.73 Å². The molecule has 0 aromatic rings. The van der Waals surface area contributed by atoms with Crippen molar-refractivity contribution in [1.29, 1.82) is 0 Å². The molecular formula is C11H24N2S. The van der Waals surface area contributed by atoms with Gasteiger partial charge in [0.2, 0.25) is 0 Å². The van der Waals surface area contributed by atoms with Crippen LogP contribution in [0.15, 0.2) is 0 Å². The normalized spacial score (nSPS) is 10.8. The fourth-order valence-corrected chi connectivity index (χ4v) is 1.75. The smallest absolute Gasteiger partial charge is 0.0870 e. The van der Waals surface area contributed by atoms with Crippen LogP contribution in [-0.2, 0) is 0 Å². The van der Waals surface area contributed by atoms with Crippen molar-refractivity contribution in [3.8, 4) is 0 Å². The van der Waals surface area contributed by atoms with Crippen molar-refractivity contribution < 1.29 is 0 Å². The molecule has 2 N–H and O–H groups in total. The van der Waals surface area contributed by atoms with Gasteiger partial charge in [-0.3, -0.25) is 4.90 Å². The number of nitrogens with zero attached hydrogens (tertiary/aromatic N) is 1. The average molecular weight is 216 g/mol. The van der Waals surface area contributed by atoms with Crippen molar-refractivity contribution in [3.63, 3.8) is 0 Å². The van der Waals surface area contributed by atoms with Crippen molar-refractivity contribution in [2.75, 3.05) is 19.6 Å². The highest BCUT2D eigenvalue weighted by Crippen LogP contribution is 2.01. The van der Waals surface area contributed by atoms with Gasteiger partial charge in [0.25, 0.3) is 0 Å². The van der Waals surface area contributed by atoms with Crippen LogP contribution >= 0.6 is 12.2 Å². The standard InChI is InChI=1S/C11H24N2S/c1-3-5-6-7-9-13(8-4-2)10-11(12)14/h3-10H2,1-2H3,(H2,12,14). The van der Waals surface area contributed by atoms with Crippen molar-refractivity contribution >= 4 is 17.2 Å². The van der Waals surface area contributed by atoms with Crippen LogP contribution in [0.25, 0.3) is 0 Å². The Hall–Kier alpha value is -0.150. The van der Waals surface area contributed by atoms with E-state index in [0.29, 0.717) is 4.99 Å². The van der Waals surface area contributed by atoms with E-state index in [4.69, 9.17) is 18.0 Å². The third-order valence-electron chi connectivity index (χ3n) is 2.25. The van der Waals surface area contributed by atoms with Crippen LogP contribution in [0, 0.1) is 0 Å². The molecular weight excluding hydrogens is 192 g/mol. The van der Waals surface area contributed by atoms with Crippen molar-refractivity contribution in [2.45, 2.75) is 46.0 Å². The highest BCUT2D eigenvalue weighted by atomic mass is 32.1. The molecule has 0 radical (unpaired) electrons. The Balaban J connectivity index is 3.56. The molecule has 3 heteroatoms. The molecule has 0 fully saturated rings. The molecule has 0 atom stereocenters. The molecule has 84 valence electrons. The number of hydrogen-bond acceptors (Lipinski definition) is 2. The largest absolute Gasteiger partial charge is 0.392 e. The molecule has 0 spiro atoms. The number of thiocarbonyl (C=S) groups is 1. The zero-order valence-corrected chi connectivity index (χ0v) is 10.4. The predicted molar refractivity (Wildman–Crippen MR) is 67.7 cm³/mol. The first kappa shape index (κ1) is 13.8. The van der Waals surface area contributed by atoms with E-state index < -0.39 is 0 Å². The maximum Gasteiger partial charge on any atom is 0.0870 e. The Morgan fingerprint density at radius 2 is 1.79 bits per heavy atom. The Morgan fingerprint density at radius 3 is 2.29 bits per heavy atom. The average Bonchev–Trinajstić information content (AvgIpc) is 2.12. The second-order valence-corrected chi connectivity index (χ2v) is 4.33. The van der Waals surface area contributed by atoms with Crippen molar-refractivity contribution in [1.82, 2.24) is 4.90 Å². The quantitative estimate of drug-likeness (QED) is 0.474. The van der Waals surface area contributed by atoms with Crippen LogP contribution in [0.1, 0.15) is 46.0 Å². The lowest BCUT2D eigenvalue weighted by Gasteiger charge is -2.20. The third-order valence-corrected chi connectivity index (χ3v) is 2.38. The van der Waals surface area contributed by atoms with Gasteiger partial charge in [0.15, 0.2) is 0 Å². The zero-order chi connectivity index (χ0) is 10.8. The monoisotopic (exact) mass is 216 g/mol. The van der Waals surface area contributed by atoms with Gasteiger partial charge in [0.05, 0.1) is 4.99 Å². The summed E-state index contributed by atoms with van der Waals surface area (Å²) < 4.78 is 0. The van der Waals surface area contributed by atoms with E-state index in [1.165, 1.54) is 32.1 Å². The number of unbranched alkanes of at least 4 members (excludes halogenated alkanes) is 3. The van der Waals surface area contributed by atoms with E-state index in [-0.39, 0.29) is 0 Å². The van der Waals surface area contributed by atoms with E-state index in [2.05, 4.69) is 18.7 Å². The molecule has 0 aromatic carbocycles. The van der Waals surface area contributed by atoms with Gasteiger partial charge in [0.1, 0.15) is 0 Å². The molecule has 0 heterocycles. The Kier molecular flexibility index (Phi) is 9.31. The fourth-order valence-electron chi connectivity index (χ4n) is 1.57. The van der Waals surface area contributed by atoms with E-state index in [1.54, 1.807) is 0 Å². The van der Waals surface area contributed by atoms with Gasteiger partial charge in [0, 0.05) is 6.54 Å². The van der Waals surface area contributed by atoms with Gasteiger partial charge in [-0.25, -0.2) is 0 Å². The minimum atomic E-state index is 0.619. The molecule has 0 saturated carbocycles. The maximum atomic E-state index is 5.54. The van der Waals surface area contributed by atoms with Crippen LogP contribution in [-0.4, -0.2) is 29.5 Å². The molecule has 0 unspecified atom stereocenters. The van der Waals surface area contributed by atoms with Gasteiger partial charge < -0.3 is 5.73 Å². The van der Waals surface area contributed by atoms with Gasteiger partial charge in [-0.05, 0) is 25.9 Å². The first-order valence-electron chi connectivity index (χ1n) is 5.71. The van der Waals surface area contributed by atoms with Crippen LogP contribution in [0.2, 0.25) is 0 Å². The van der Waals surface area contributed by atoms with Gasteiger partial charge in [-0.15, -0.1) is 0 Å². The summed E-state index contributed by atoms with van der Waals surface area (Å²) in [5.41, 5.74) is 5.54. The number of rotatable bonds is 9. The lowest BCUT2D eigenvalue weighted by Crippen LogP contribution is -2.34. The third kappa shape index (κ3) is 8.45. The lowest BCUT2D eigenvalue weighted by molar-refractivity contribution is 0.303. The summed E-state index contributed by atoms with van der Waals surface area (Å²) in [5.74, 6) is 0. The number of hydrogen-bond donors (Lipinski definition) is 1.